The molecule has 0 N–H and O–H groups in total. The van der Waals surface area contributed by atoms with Crippen LogP contribution in [0.3, 0.4) is 0 Å². The van der Waals surface area contributed by atoms with Crippen LogP contribution in [0.2, 0.25) is 19.8 Å². The number of hydrogen-bond donors (Lipinski definition) is 0. The van der Waals surface area contributed by atoms with Gasteiger partial charge in [-0.3, -0.25) is 0 Å². The molecule has 0 aliphatic rings. The summed E-state index contributed by atoms with van der Waals surface area (Å²) in [4.78, 5) is 8.87. The van der Waals surface area contributed by atoms with Crippen molar-refractivity contribution in [2.75, 3.05) is 13.2 Å². The normalized spacial score (nSPS) is 12.9. The van der Waals surface area contributed by atoms with Crippen LogP contribution in [0.25, 0.3) is 0 Å². The van der Waals surface area contributed by atoms with Gasteiger partial charge in [0.15, 0.2) is 0 Å². The van der Waals surface area contributed by atoms with Gasteiger partial charge in [0.2, 0.25) is 0 Å². The molecule has 0 aliphatic heterocycles. The summed E-state index contributed by atoms with van der Waals surface area (Å²) in [7, 11) is 0. The van der Waals surface area contributed by atoms with Gasteiger partial charge in [0.05, 0.1) is 0 Å². The van der Waals surface area contributed by atoms with E-state index < -0.39 is 38.4 Å². The molecule has 5 heteroatoms. The second-order valence-corrected chi connectivity index (χ2v) is 28.1. The molecular weight excluding hydrogens is 454 g/mol. The molecule has 0 atom stereocenters. The Morgan fingerprint density at radius 3 is 1.32 bits per heavy atom. The Kier molecular flexibility index (Phi) is 12.0. The monoisotopic (exact) mass is 490 g/mol. The molecule has 0 fully saturated rings. The van der Waals surface area contributed by atoms with Gasteiger partial charge in [0.25, 0.3) is 0 Å². The summed E-state index contributed by atoms with van der Waals surface area (Å²) >= 11 is -5.50. The summed E-state index contributed by atoms with van der Waals surface area (Å²) in [6, 6.07) is 0. The summed E-state index contributed by atoms with van der Waals surface area (Å²) < 4.78 is 18.5. The van der Waals surface area contributed by atoms with Crippen LogP contribution in [0.1, 0.15) is 52.4 Å². The molecule has 116 valence electrons. The zero-order valence-corrected chi connectivity index (χ0v) is 19.6. The summed E-state index contributed by atoms with van der Waals surface area (Å²) in [5.74, 6) is 0. The molecule has 0 spiro atoms. The van der Waals surface area contributed by atoms with E-state index in [9.17, 15) is 0 Å². The Hall–Kier alpha value is 1.48. The average Bonchev–Trinajstić information content (AvgIpc) is 2.29. The molecule has 0 rings (SSSR count). The molecule has 19 heavy (non-hydrogen) atoms. The van der Waals surface area contributed by atoms with Crippen molar-refractivity contribution in [3.63, 3.8) is 0 Å². The van der Waals surface area contributed by atoms with E-state index in [0.29, 0.717) is 0 Å². The summed E-state index contributed by atoms with van der Waals surface area (Å²) in [6.07, 6.45) is 7.31. The Balaban J connectivity index is 3.93. The third-order valence-corrected chi connectivity index (χ3v) is 29.6. The van der Waals surface area contributed by atoms with E-state index in [1.807, 2.05) is 0 Å². The Bertz CT molecular complexity index is 199. The molecule has 0 bridgehead atoms. The van der Waals surface area contributed by atoms with Crippen LogP contribution in [0.15, 0.2) is 0 Å². The van der Waals surface area contributed by atoms with Gasteiger partial charge in [-0.25, -0.2) is 0 Å². The average molecular weight is 488 g/mol. The van der Waals surface area contributed by atoms with Crippen LogP contribution in [0.4, 0.5) is 0 Å². The maximum absolute atomic E-state index is 6.36. The standard InChI is InChI=1S/2C5H11O.4CH3.O.2Sn/c2*1-2-3-4-5-6;;;;;;;/h2*2-5H2,1H3;4*1H3;;;/q2*-1;;;;;;2*+1. The molecule has 0 aromatic rings. The summed E-state index contributed by atoms with van der Waals surface area (Å²) in [5, 5.41) is 0. The number of hydrogen-bond acceptors (Lipinski definition) is 3. The van der Waals surface area contributed by atoms with Gasteiger partial charge in [-0.15, -0.1) is 0 Å². The second-order valence-electron chi connectivity index (χ2n) is 6.01. The Morgan fingerprint density at radius 2 is 1.00 bits per heavy atom. The molecule has 0 aromatic carbocycles. The van der Waals surface area contributed by atoms with E-state index >= 15 is 0 Å². The molecule has 0 aliphatic carbocycles. The van der Waals surface area contributed by atoms with Gasteiger partial charge < -0.3 is 0 Å². The molecular formula is C14H34O3Sn2. The Labute approximate surface area is 130 Å². The van der Waals surface area contributed by atoms with Crippen LogP contribution >= 0.6 is 0 Å². The minimum absolute atomic E-state index is 0.870. The van der Waals surface area contributed by atoms with Gasteiger partial charge in [0, 0.05) is 0 Å². The van der Waals surface area contributed by atoms with Crippen LogP contribution in [0, 0.1) is 0 Å². The molecule has 0 radical (unpaired) electrons. The van der Waals surface area contributed by atoms with Gasteiger partial charge in [-0.2, -0.15) is 0 Å². The van der Waals surface area contributed by atoms with Gasteiger partial charge in [0.1, 0.15) is 0 Å². The first-order valence-corrected chi connectivity index (χ1v) is 23.9. The van der Waals surface area contributed by atoms with Crippen molar-refractivity contribution in [3.8, 4) is 0 Å². The number of unbranched alkanes of at least 4 members (excludes halogenated alkanes) is 4. The van der Waals surface area contributed by atoms with E-state index in [1.54, 1.807) is 0 Å². The number of rotatable bonds is 12. The van der Waals surface area contributed by atoms with Crippen molar-refractivity contribution in [1.82, 2.24) is 0 Å². The van der Waals surface area contributed by atoms with E-state index in [4.69, 9.17) is 7.56 Å². The van der Waals surface area contributed by atoms with Gasteiger partial charge in [-0.1, -0.05) is 0 Å². The zero-order valence-electron chi connectivity index (χ0n) is 13.9. The quantitative estimate of drug-likeness (QED) is 0.292. The van der Waals surface area contributed by atoms with Crippen LogP contribution < -0.4 is 0 Å². The van der Waals surface area contributed by atoms with Crippen molar-refractivity contribution in [3.05, 3.63) is 0 Å². The van der Waals surface area contributed by atoms with Crippen molar-refractivity contribution in [1.29, 1.82) is 0 Å². The minimum atomic E-state index is -2.75. The molecule has 0 amide bonds. The van der Waals surface area contributed by atoms with Crippen LogP contribution in [-0.4, -0.2) is 51.6 Å². The third-order valence-electron chi connectivity index (χ3n) is 2.89. The van der Waals surface area contributed by atoms with E-state index in [-0.39, 0.29) is 0 Å². The van der Waals surface area contributed by atoms with Crippen molar-refractivity contribution < 1.29 is 7.56 Å². The van der Waals surface area contributed by atoms with Gasteiger partial charge in [-0.05, 0) is 0 Å². The predicted molar refractivity (Wildman–Crippen MR) is 87.0 cm³/mol. The topological polar surface area (TPSA) is 27.7 Å². The van der Waals surface area contributed by atoms with Crippen molar-refractivity contribution in [2.45, 2.75) is 72.1 Å². The van der Waals surface area contributed by atoms with Crippen LogP contribution in [0.5, 0.6) is 0 Å². The predicted octanol–water partition coefficient (Wildman–Crippen LogP) is 4.82. The first kappa shape index (κ1) is 20.5. The maximum atomic E-state index is 6.36. The fourth-order valence-electron chi connectivity index (χ4n) is 1.99. The zero-order chi connectivity index (χ0) is 14.8. The Morgan fingerprint density at radius 1 is 0.632 bits per heavy atom. The van der Waals surface area contributed by atoms with E-state index in [0.717, 1.165) is 26.1 Å². The van der Waals surface area contributed by atoms with E-state index in [2.05, 4.69) is 33.6 Å². The molecule has 0 saturated heterocycles. The van der Waals surface area contributed by atoms with Crippen LogP contribution in [-0.2, 0) is 7.56 Å². The first-order valence-electron chi connectivity index (χ1n) is 7.81. The third kappa shape index (κ3) is 12.9. The molecule has 0 heterocycles. The second kappa shape index (κ2) is 11.1. The fourth-order valence-corrected chi connectivity index (χ4v) is 34.3. The summed E-state index contributed by atoms with van der Waals surface area (Å²) in [5.41, 5.74) is 0. The van der Waals surface area contributed by atoms with Crippen molar-refractivity contribution in [2.24, 2.45) is 0 Å². The SMILES string of the molecule is CCCCC[O][Sn]([CH3])([CH3])[O][Sn]([CH3])([CH3])[O]CCCCC. The molecule has 3 nitrogen and oxygen atoms in total. The summed E-state index contributed by atoms with van der Waals surface area (Å²) in [6.45, 7) is 6.17. The molecule has 0 aromatic heterocycles. The van der Waals surface area contributed by atoms with Crippen molar-refractivity contribution >= 4 is 38.4 Å². The van der Waals surface area contributed by atoms with Gasteiger partial charge >= 0.3 is 131 Å². The molecule has 0 saturated carbocycles. The molecule has 0 unspecified atom stereocenters. The first-order chi connectivity index (χ1) is 8.83. The fraction of sp³-hybridized carbons (Fsp3) is 1.00. The van der Waals surface area contributed by atoms with E-state index in [1.165, 1.54) is 25.7 Å².